The van der Waals surface area contributed by atoms with Crippen molar-refractivity contribution in [1.29, 1.82) is 0 Å². The summed E-state index contributed by atoms with van der Waals surface area (Å²) in [5, 5.41) is 7.65. The number of nitrogens with zero attached hydrogens (tertiary/aromatic N) is 5. The van der Waals surface area contributed by atoms with Crippen LogP contribution in [0.25, 0.3) is 17.2 Å². The van der Waals surface area contributed by atoms with Gasteiger partial charge in [-0.3, -0.25) is 4.79 Å². The monoisotopic (exact) mass is 478 g/mol. The molecule has 1 saturated carbocycles. The summed E-state index contributed by atoms with van der Waals surface area (Å²) in [5.41, 5.74) is 2.86. The van der Waals surface area contributed by atoms with Crippen LogP contribution in [0.4, 0.5) is 0 Å². The van der Waals surface area contributed by atoms with Crippen molar-refractivity contribution in [2.75, 3.05) is 41.4 Å². The Kier molecular flexibility index (Phi) is 7.07. The summed E-state index contributed by atoms with van der Waals surface area (Å²) >= 11 is 0. The van der Waals surface area contributed by atoms with Crippen LogP contribution >= 0.6 is 0 Å². The molecule has 2 aromatic heterocycles. The third-order valence-electron chi connectivity index (χ3n) is 6.00. The molecule has 3 aromatic rings. The fourth-order valence-electron chi connectivity index (χ4n) is 4.38. The second-order valence-corrected chi connectivity index (χ2v) is 10.0. The first-order valence-corrected chi connectivity index (χ1v) is 11.8. The van der Waals surface area contributed by atoms with Gasteiger partial charge in [0.15, 0.2) is 0 Å². The van der Waals surface area contributed by atoms with Gasteiger partial charge in [0.2, 0.25) is 0 Å². The van der Waals surface area contributed by atoms with E-state index in [9.17, 15) is 4.79 Å². The van der Waals surface area contributed by atoms with Crippen LogP contribution in [0.3, 0.4) is 0 Å². The molecule has 1 N–H and O–H groups in total. The van der Waals surface area contributed by atoms with Crippen LogP contribution < -0.4 is 14.8 Å². The molecule has 1 fully saturated rings. The van der Waals surface area contributed by atoms with Crippen molar-refractivity contribution in [3.63, 3.8) is 0 Å². The molecule has 0 unspecified atom stereocenters. The summed E-state index contributed by atoms with van der Waals surface area (Å²) in [7, 11) is 7.32. The van der Waals surface area contributed by atoms with Crippen molar-refractivity contribution in [2.45, 2.75) is 32.6 Å². The van der Waals surface area contributed by atoms with E-state index in [1.807, 2.05) is 38.4 Å². The highest BCUT2D eigenvalue weighted by molar-refractivity contribution is 5.95. The zero-order valence-electron chi connectivity index (χ0n) is 21.3. The second-order valence-electron chi connectivity index (χ2n) is 10.0. The lowest BCUT2D eigenvalue weighted by atomic mass is 9.93. The lowest BCUT2D eigenvalue weighted by Crippen LogP contribution is -2.40. The predicted octanol–water partition coefficient (Wildman–Crippen LogP) is 3.54. The highest BCUT2D eigenvalue weighted by Gasteiger charge is 2.34. The molecule has 0 spiro atoms. The summed E-state index contributed by atoms with van der Waals surface area (Å²) in [4.78, 5) is 24.5. The first kappa shape index (κ1) is 24.7. The van der Waals surface area contributed by atoms with Gasteiger partial charge in [-0.1, -0.05) is 13.8 Å². The van der Waals surface area contributed by atoms with Crippen molar-refractivity contribution in [3.8, 4) is 28.7 Å². The average Bonchev–Trinajstić information content (AvgIpc) is 3.58. The van der Waals surface area contributed by atoms with Crippen molar-refractivity contribution in [2.24, 2.45) is 5.41 Å². The van der Waals surface area contributed by atoms with Gasteiger partial charge < -0.3 is 19.7 Å². The number of carbonyl (C=O) groups excluding carboxylic acids is 1. The average molecular weight is 479 g/mol. The third kappa shape index (κ3) is 5.62. The Labute approximate surface area is 206 Å². The Bertz CT molecular complexity index is 1200. The van der Waals surface area contributed by atoms with Crippen LogP contribution in [0.5, 0.6) is 11.5 Å². The maximum Gasteiger partial charge on any atom is 0.254 e. The van der Waals surface area contributed by atoms with Crippen molar-refractivity contribution in [3.05, 3.63) is 47.9 Å². The van der Waals surface area contributed by atoms with Crippen molar-refractivity contribution < 1.29 is 14.3 Å². The molecule has 0 bridgehead atoms. The van der Waals surface area contributed by atoms with E-state index in [2.05, 4.69) is 34.1 Å². The van der Waals surface area contributed by atoms with E-state index in [0.717, 1.165) is 30.6 Å². The number of ether oxygens (including phenoxy) is 2. The molecule has 9 heteroatoms. The molecule has 1 amide bonds. The number of methoxy groups -OCH3 is 2. The minimum atomic E-state index is -0.115. The Morgan fingerprint density at radius 2 is 1.97 bits per heavy atom. The molecule has 9 nitrogen and oxygen atoms in total. The first-order chi connectivity index (χ1) is 16.7. The van der Waals surface area contributed by atoms with E-state index in [1.54, 1.807) is 31.3 Å². The maximum atomic E-state index is 13.2. The van der Waals surface area contributed by atoms with Crippen LogP contribution in [0, 0.1) is 5.41 Å². The van der Waals surface area contributed by atoms with Crippen molar-refractivity contribution in [1.82, 2.24) is 30.0 Å². The molecule has 35 heavy (non-hydrogen) atoms. The molecule has 1 aliphatic carbocycles. The van der Waals surface area contributed by atoms with E-state index >= 15 is 0 Å². The van der Waals surface area contributed by atoms with Gasteiger partial charge in [0.25, 0.3) is 11.9 Å². The van der Waals surface area contributed by atoms with Gasteiger partial charge in [-0.2, -0.15) is 5.10 Å². The highest BCUT2D eigenvalue weighted by atomic mass is 16.5. The topological polar surface area (TPSA) is 94.4 Å². The number of amides is 1. The van der Waals surface area contributed by atoms with Gasteiger partial charge >= 0.3 is 0 Å². The van der Waals surface area contributed by atoms with Gasteiger partial charge in [-0.05, 0) is 56.6 Å². The van der Waals surface area contributed by atoms with Crippen LogP contribution in [0.1, 0.15) is 48.7 Å². The molecular formula is C26H34N6O3. The van der Waals surface area contributed by atoms with Crippen molar-refractivity contribution >= 4 is 5.91 Å². The number of nitrogens with one attached hydrogen (secondary N) is 1. The fraction of sp³-hybridized carbons (Fsp3) is 0.462. The number of aromatic nitrogens is 4. The molecule has 186 valence electrons. The predicted molar refractivity (Wildman–Crippen MR) is 134 cm³/mol. The standard InChI is InChI=1S/C26H34N6O3/c1-26(2,16-31(3)4)15-28-24(33)20-14-29-32(23(20)17-7-8-17)25-27-12-11-21(30-25)19-13-18(34-5)9-10-22(19)35-6/h9-14,17H,7-8,15-16H2,1-6H3,(H,28,33). The molecule has 0 atom stereocenters. The van der Waals surface area contributed by atoms with E-state index in [1.165, 1.54) is 0 Å². The lowest BCUT2D eigenvalue weighted by Gasteiger charge is -2.28. The Morgan fingerprint density at radius 1 is 1.20 bits per heavy atom. The lowest BCUT2D eigenvalue weighted by molar-refractivity contribution is 0.0928. The molecule has 0 aliphatic heterocycles. The van der Waals surface area contributed by atoms with E-state index in [0.29, 0.717) is 35.2 Å². The molecule has 1 aromatic carbocycles. The van der Waals surface area contributed by atoms with E-state index in [4.69, 9.17) is 14.5 Å². The summed E-state index contributed by atoms with van der Waals surface area (Å²) in [5.74, 6) is 1.96. The summed E-state index contributed by atoms with van der Waals surface area (Å²) < 4.78 is 12.6. The quantitative estimate of drug-likeness (QED) is 0.476. The Hall–Kier alpha value is -3.46. The minimum Gasteiger partial charge on any atom is -0.497 e. The number of benzene rings is 1. The summed E-state index contributed by atoms with van der Waals surface area (Å²) in [6.07, 6.45) is 5.35. The summed E-state index contributed by atoms with van der Waals surface area (Å²) in [6.45, 7) is 5.73. The largest absolute Gasteiger partial charge is 0.497 e. The molecular weight excluding hydrogens is 444 g/mol. The zero-order valence-corrected chi connectivity index (χ0v) is 21.3. The number of rotatable bonds is 10. The van der Waals surface area contributed by atoms with Gasteiger partial charge in [-0.25, -0.2) is 14.6 Å². The third-order valence-corrected chi connectivity index (χ3v) is 6.00. The fourth-order valence-corrected chi connectivity index (χ4v) is 4.38. The maximum absolute atomic E-state index is 13.2. The van der Waals surface area contributed by atoms with Gasteiger partial charge in [0.05, 0.1) is 37.4 Å². The number of hydrogen-bond donors (Lipinski definition) is 1. The number of carbonyl (C=O) groups is 1. The Morgan fingerprint density at radius 3 is 2.63 bits per heavy atom. The smallest absolute Gasteiger partial charge is 0.254 e. The highest BCUT2D eigenvalue weighted by Crippen LogP contribution is 2.42. The van der Waals surface area contributed by atoms with Crippen LogP contribution in [-0.2, 0) is 0 Å². The van der Waals surface area contributed by atoms with Gasteiger partial charge in [0, 0.05) is 30.8 Å². The first-order valence-electron chi connectivity index (χ1n) is 11.8. The summed E-state index contributed by atoms with van der Waals surface area (Å²) in [6, 6.07) is 7.39. The van der Waals surface area contributed by atoms with E-state index < -0.39 is 0 Å². The molecule has 1 aliphatic rings. The normalized spacial score (nSPS) is 13.7. The van der Waals surface area contributed by atoms with E-state index in [-0.39, 0.29) is 17.2 Å². The molecule has 0 saturated heterocycles. The Balaban J connectivity index is 1.65. The number of hydrogen-bond acceptors (Lipinski definition) is 7. The van der Waals surface area contributed by atoms with Gasteiger partial charge in [-0.15, -0.1) is 0 Å². The van der Waals surface area contributed by atoms with Gasteiger partial charge in [0.1, 0.15) is 11.5 Å². The van der Waals surface area contributed by atoms with Crippen LogP contribution in [0.15, 0.2) is 36.7 Å². The molecule has 2 heterocycles. The molecule has 4 rings (SSSR count). The SMILES string of the molecule is COc1ccc(OC)c(-c2ccnc(-n3ncc(C(=O)NCC(C)(C)CN(C)C)c3C3CC3)n2)c1. The van der Waals surface area contributed by atoms with Crippen LogP contribution in [0.2, 0.25) is 0 Å². The minimum absolute atomic E-state index is 0.0534. The zero-order chi connectivity index (χ0) is 25.2. The second kappa shape index (κ2) is 10.0. The van der Waals surface area contributed by atoms with Crippen LogP contribution in [-0.4, -0.2) is 72.0 Å². The molecule has 0 radical (unpaired) electrons.